The minimum atomic E-state index is -0.424. The van der Waals surface area contributed by atoms with Crippen LogP contribution in [-0.2, 0) is 0 Å². The van der Waals surface area contributed by atoms with E-state index in [0.717, 1.165) is 18.9 Å². The molecule has 1 aromatic heterocycles. The van der Waals surface area contributed by atoms with E-state index in [2.05, 4.69) is 21.8 Å². The van der Waals surface area contributed by atoms with Crippen LogP contribution in [0.4, 0.5) is 11.5 Å². The Balaban J connectivity index is 1.95. The van der Waals surface area contributed by atoms with Crippen LogP contribution in [0, 0.1) is 16.0 Å². The molecule has 0 saturated carbocycles. The molecule has 6 heteroatoms. The van der Waals surface area contributed by atoms with Gasteiger partial charge in [-0.15, -0.1) is 0 Å². The zero-order valence-electron chi connectivity index (χ0n) is 11.5. The topological polar surface area (TPSA) is 62.5 Å². The summed E-state index contributed by atoms with van der Waals surface area (Å²) in [6, 6.07) is 3.22. The lowest BCUT2D eigenvalue weighted by Gasteiger charge is -2.32. The van der Waals surface area contributed by atoms with Crippen LogP contribution < -0.4 is 4.90 Å². The summed E-state index contributed by atoms with van der Waals surface area (Å²) >= 11 is 0. The van der Waals surface area contributed by atoms with Gasteiger partial charge in [0.2, 0.25) is 0 Å². The van der Waals surface area contributed by atoms with Gasteiger partial charge in [-0.2, -0.15) is 0 Å². The molecule has 2 heterocycles. The smallest absolute Gasteiger partial charge is 0.287 e. The normalized spacial score (nSPS) is 20.2. The molecule has 1 aliphatic rings. The minimum Gasteiger partial charge on any atom is -0.359 e. The number of nitrogens with zero attached hydrogens (tertiary/aromatic N) is 4. The van der Waals surface area contributed by atoms with Gasteiger partial charge < -0.3 is 9.80 Å². The Hall–Kier alpha value is -1.69. The van der Waals surface area contributed by atoms with Gasteiger partial charge in [0.05, 0.1) is 4.92 Å². The molecule has 1 atom stereocenters. The van der Waals surface area contributed by atoms with Gasteiger partial charge in [0.15, 0.2) is 0 Å². The van der Waals surface area contributed by atoms with E-state index in [1.807, 2.05) is 7.05 Å². The first kappa shape index (κ1) is 13.7. The van der Waals surface area contributed by atoms with E-state index in [0.29, 0.717) is 5.92 Å². The van der Waals surface area contributed by atoms with Gasteiger partial charge in [0.25, 0.3) is 5.69 Å². The predicted octanol–water partition coefficient (Wildman–Crippen LogP) is 1.77. The molecule has 104 valence electrons. The van der Waals surface area contributed by atoms with Crippen molar-refractivity contribution in [1.29, 1.82) is 0 Å². The number of likely N-dealkylation sites (tertiary alicyclic amines) is 1. The van der Waals surface area contributed by atoms with Crippen LogP contribution in [0.1, 0.15) is 12.8 Å². The Morgan fingerprint density at radius 2 is 2.37 bits per heavy atom. The molecule has 1 aromatic rings. The number of hydrogen-bond donors (Lipinski definition) is 0. The summed E-state index contributed by atoms with van der Waals surface area (Å²) in [5, 5.41) is 10.6. The number of hydrogen-bond acceptors (Lipinski definition) is 5. The molecule has 6 nitrogen and oxygen atoms in total. The van der Waals surface area contributed by atoms with Crippen molar-refractivity contribution < 1.29 is 4.92 Å². The fourth-order valence-corrected chi connectivity index (χ4v) is 2.62. The van der Waals surface area contributed by atoms with Crippen LogP contribution in [0.5, 0.6) is 0 Å². The molecule has 0 amide bonds. The quantitative estimate of drug-likeness (QED) is 0.612. The second kappa shape index (κ2) is 5.97. The molecule has 19 heavy (non-hydrogen) atoms. The van der Waals surface area contributed by atoms with E-state index in [1.165, 1.54) is 31.6 Å². The van der Waals surface area contributed by atoms with Gasteiger partial charge in [0, 0.05) is 26.2 Å². The molecular formula is C13H20N4O2. The maximum Gasteiger partial charge on any atom is 0.287 e. The standard InChI is InChI=1S/C13H20N4O2/c1-15-7-3-4-11(9-15)10-16(2)13-6-5-12(8-14-13)17(18)19/h5-6,8,11H,3-4,7,9-10H2,1-2H3. The average molecular weight is 264 g/mol. The highest BCUT2D eigenvalue weighted by atomic mass is 16.6. The molecule has 1 unspecified atom stereocenters. The van der Waals surface area contributed by atoms with Crippen molar-refractivity contribution >= 4 is 11.5 Å². The summed E-state index contributed by atoms with van der Waals surface area (Å²) < 4.78 is 0. The SMILES string of the molecule is CN1CCCC(CN(C)c2ccc([N+](=O)[O-])cn2)C1. The lowest BCUT2D eigenvalue weighted by molar-refractivity contribution is -0.385. The molecule has 1 saturated heterocycles. The molecule has 0 radical (unpaired) electrons. The predicted molar refractivity (Wildman–Crippen MR) is 74.4 cm³/mol. The van der Waals surface area contributed by atoms with E-state index in [4.69, 9.17) is 0 Å². The number of pyridine rings is 1. The summed E-state index contributed by atoms with van der Waals surface area (Å²) in [6.45, 7) is 3.22. The molecule has 2 rings (SSSR count). The lowest BCUT2D eigenvalue weighted by Crippen LogP contribution is -2.38. The number of aromatic nitrogens is 1. The van der Waals surface area contributed by atoms with Crippen molar-refractivity contribution in [3.05, 3.63) is 28.4 Å². The molecule has 0 N–H and O–H groups in total. The van der Waals surface area contributed by atoms with Gasteiger partial charge in [-0.1, -0.05) is 0 Å². The summed E-state index contributed by atoms with van der Waals surface area (Å²) in [7, 11) is 4.14. The highest BCUT2D eigenvalue weighted by Gasteiger charge is 2.19. The van der Waals surface area contributed by atoms with Crippen LogP contribution in [-0.4, -0.2) is 48.5 Å². The van der Waals surface area contributed by atoms with Gasteiger partial charge in [-0.3, -0.25) is 10.1 Å². The number of anilines is 1. The maximum absolute atomic E-state index is 10.6. The Bertz CT molecular complexity index is 435. The summed E-state index contributed by atoms with van der Waals surface area (Å²) in [6.07, 6.45) is 3.79. The summed E-state index contributed by atoms with van der Waals surface area (Å²) in [5.41, 5.74) is 0.0366. The van der Waals surface area contributed by atoms with E-state index in [9.17, 15) is 10.1 Å². The Kier molecular flexibility index (Phi) is 4.31. The minimum absolute atomic E-state index is 0.0366. The second-order valence-corrected chi connectivity index (χ2v) is 5.28. The largest absolute Gasteiger partial charge is 0.359 e. The Labute approximate surface area is 113 Å². The third-order valence-electron chi connectivity index (χ3n) is 3.59. The fraction of sp³-hybridized carbons (Fsp3) is 0.615. The van der Waals surface area contributed by atoms with Gasteiger partial charge in [0.1, 0.15) is 12.0 Å². The number of piperidine rings is 1. The summed E-state index contributed by atoms with van der Waals surface area (Å²) in [4.78, 5) is 18.7. The van der Waals surface area contributed by atoms with Crippen LogP contribution in [0.2, 0.25) is 0 Å². The third kappa shape index (κ3) is 3.64. The van der Waals surface area contributed by atoms with Crippen LogP contribution in [0.25, 0.3) is 0 Å². The van der Waals surface area contributed by atoms with E-state index in [-0.39, 0.29) is 5.69 Å². The first-order valence-electron chi connectivity index (χ1n) is 6.56. The number of rotatable bonds is 4. The summed E-state index contributed by atoms with van der Waals surface area (Å²) in [5.74, 6) is 1.43. The monoisotopic (exact) mass is 264 g/mol. The van der Waals surface area contributed by atoms with Crippen molar-refractivity contribution in [2.24, 2.45) is 5.92 Å². The molecule has 0 bridgehead atoms. The van der Waals surface area contributed by atoms with E-state index < -0.39 is 4.92 Å². The average Bonchev–Trinajstić information content (AvgIpc) is 2.39. The maximum atomic E-state index is 10.6. The first-order chi connectivity index (χ1) is 9.06. The van der Waals surface area contributed by atoms with Crippen molar-refractivity contribution in [2.75, 3.05) is 38.6 Å². The van der Waals surface area contributed by atoms with Gasteiger partial charge in [-0.05, 0) is 38.4 Å². The Morgan fingerprint density at radius 3 is 2.95 bits per heavy atom. The highest BCUT2D eigenvalue weighted by Crippen LogP contribution is 2.19. The van der Waals surface area contributed by atoms with Crippen LogP contribution in [0.15, 0.2) is 18.3 Å². The van der Waals surface area contributed by atoms with E-state index >= 15 is 0 Å². The Morgan fingerprint density at radius 1 is 1.58 bits per heavy atom. The number of nitro groups is 1. The molecule has 0 spiro atoms. The molecule has 1 aliphatic heterocycles. The van der Waals surface area contributed by atoms with Gasteiger partial charge >= 0.3 is 0 Å². The molecule has 1 fully saturated rings. The highest BCUT2D eigenvalue weighted by molar-refractivity contribution is 5.42. The van der Waals surface area contributed by atoms with Crippen molar-refractivity contribution in [3.8, 4) is 0 Å². The van der Waals surface area contributed by atoms with Crippen molar-refractivity contribution in [2.45, 2.75) is 12.8 Å². The van der Waals surface area contributed by atoms with Crippen LogP contribution in [0.3, 0.4) is 0 Å². The molecular weight excluding hydrogens is 244 g/mol. The molecule has 0 aromatic carbocycles. The van der Waals surface area contributed by atoms with Crippen molar-refractivity contribution in [1.82, 2.24) is 9.88 Å². The third-order valence-corrected chi connectivity index (χ3v) is 3.59. The second-order valence-electron chi connectivity index (χ2n) is 5.28. The zero-order valence-corrected chi connectivity index (χ0v) is 11.5. The lowest BCUT2D eigenvalue weighted by atomic mass is 9.98. The molecule has 0 aliphatic carbocycles. The zero-order chi connectivity index (χ0) is 13.8. The van der Waals surface area contributed by atoms with Crippen LogP contribution >= 0.6 is 0 Å². The first-order valence-corrected chi connectivity index (χ1v) is 6.56. The fourth-order valence-electron chi connectivity index (χ4n) is 2.62. The van der Waals surface area contributed by atoms with Crippen molar-refractivity contribution in [3.63, 3.8) is 0 Å². The van der Waals surface area contributed by atoms with Gasteiger partial charge in [-0.25, -0.2) is 4.98 Å². The van der Waals surface area contributed by atoms with E-state index in [1.54, 1.807) is 6.07 Å².